The van der Waals surface area contributed by atoms with Gasteiger partial charge in [0, 0.05) is 50.1 Å². The smallest absolute Gasteiger partial charge is 0.164 e. The molecule has 0 saturated heterocycles. The van der Waals surface area contributed by atoms with Gasteiger partial charge in [-0.05, 0) is 196 Å². The normalized spacial score (nSPS) is 11.9. The highest BCUT2D eigenvalue weighted by molar-refractivity contribution is 6.27. The highest BCUT2D eigenvalue weighted by atomic mass is 15.1. The molecule has 0 radical (unpaired) electrons. The van der Waals surface area contributed by atoms with Crippen LogP contribution in [0, 0.1) is 0 Å². The Bertz CT molecular complexity index is 8760. The maximum absolute atomic E-state index is 5.00. The predicted octanol–water partition coefficient (Wildman–Crippen LogP) is 32.5. The summed E-state index contributed by atoms with van der Waals surface area (Å²) in [6.45, 7) is 0. The Morgan fingerprint density at radius 2 is 0.273 bits per heavy atom. The first kappa shape index (κ1) is 82.3. The first-order valence-corrected chi connectivity index (χ1v) is 47.0. The topological polar surface area (TPSA) is 116 Å². The minimum absolute atomic E-state index is 0.379. The fraction of sp³-hybridized carbons (Fsp3) is 0.00769. The third-order valence-corrected chi connectivity index (χ3v) is 27.1. The number of aromatic nitrogens is 9. The first-order chi connectivity index (χ1) is 68.9. The second-order valence-electron chi connectivity index (χ2n) is 35.3. The Morgan fingerprint density at radius 1 is 0.101 bits per heavy atom. The Kier molecular flexibility index (Phi) is 21.0. The molecule has 0 atom stereocenters. The average Bonchev–Trinajstić information content (AvgIpc) is 1.51. The summed E-state index contributed by atoms with van der Waals surface area (Å²) >= 11 is 0. The molecule has 9 nitrogen and oxygen atoms in total. The standard InChI is InChI=1S/C46H29N3.C45H29N3.C39H25N3/c1-3-14-30(15-4-1)43-47-44(31-16-5-2-6-17-31)49-45(48-43)34-19-13-18-32(28-34)33-26-27-38-37-22-9-12-25-41(37)46(42(38)29-33)39-23-10-7-20-35(39)36-21-8-11-24-40(36)46;1-3-13-30(14-4-1)43-46-44(31-15-5-2-6-16-31)48-45(47-43)36-20-12-19-34(28-36)32-17-11-18-33(27-32)35-25-26-41-39-23-8-7-21-37(39)38-22-9-10-24-40(38)42(41)29-35;1-3-12-26(13-4-1)37-40-38(27-14-5-2-6-15-27)42-39(41-37)30-17-11-16-28(24-30)29-22-23-35-33-20-8-7-18-31(33)32-19-9-10-21-34(32)36(35)25-29/h1-29H;1-29H;1-25H. The van der Waals surface area contributed by atoms with Crippen LogP contribution in [0.2, 0.25) is 0 Å². The van der Waals surface area contributed by atoms with Crippen LogP contribution in [-0.4, -0.2) is 44.9 Å². The van der Waals surface area contributed by atoms with Crippen molar-refractivity contribution >= 4 is 64.6 Å². The highest BCUT2D eigenvalue weighted by Crippen LogP contribution is 2.63. The van der Waals surface area contributed by atoms with E-state index in [4.69, 9.17) is 44.9 Å². The van der Waals surface area contributed by atoms with E-state index >= 15 is 0 Å². The van der Waals surface area contributed by atoms with Gasteiger partial charge in [-0.1, -0.05) is 461 Å². The summed E-state index contributed by atoms with van der Waals surface area (Å²) < 4.78 is 0. The van der Waals surface area contributed by atoms with E-state index in [1.807, 2.05) is 182 Å². The van der Waals surface area contributed by atoms with E-state index in [0.29, 0.717) is 52.4 Å². The molecule has 3 heterocycles. The average molecular weight is 1770 g/mol. The Hall–Kier alpha value is -18.6. The van der Waals surface area contributed by atoms with Gasteiger partial charge in [-0.25, -0.2) is 44.9 Å². The van der Waals surface area contributed by atoms with Crippen molar-refractivity contribution in [2.75, 3.05) is 0 Å². The van der Waals surface area contributed by atoms with Gasteiger partial charge in [0.05, 0.1) is 5.41 Å². The highest BCUT2D eigenvalue weighted by Gasteiger charge is 2.51. The number of nitrogens with zero attached hydrogens (tertiary/aromatic N) is 9. The second-order valence-corrected chi connectivity index (χ2v) is 35.3. The minimum atomic E-state index is -0.379. The van der Waals surface area contributed by atoms with Gasteiger partial charge in [0.25, 0.3) is 0 Å². The van der Waals surface area contributed by atoms with Crippen LogP contribution in [0.25, 0.3) is 234 Å². The molecule has 0 bridgehead atoms. The number of hydrogen-bond acceptors (Lipinski definition) is 9. The van der Waals surface area contributed by atoms with Crippen LogP contribution in [-0.2, 0) is 5.41 Å². The van der Waals surface area contributed by atoms with E-state index in [-0.39, 0.29) is 5.41 Å². The summed E-state index contributed by atoms with van der Waals surface area (Å²) in [5.74, 6) is 5.90. The molecule has 9 heteroatoms. The van der Waals surface area contributed by atoms with E-state index in [9.17, 15) is 0 Å². The van der Waals surface area contributed by atoms with Crippen LogP contribution in [0.1, 0.15) is 22.3 Å². The van der Waals surface area contributed by atoms with Crippen molar-refractivity contribution < 1.29 is 0 Å². The Labute approximate surface area is 804 Å². The molecule has 648 valence electrons. The van der Waals surface area contributed by atoms with Gasteiger partial charge in [0.1, 0.15) is 0 Å². The zero-order chi connectivity index (χ0) is 92.1. The van der Waals surface area contributed by atoms with Crippen LogP contribution in [0.5, 0.6) is 0 Å². The van der Waals surface area contributed by atoms with Crippen molar-refractivity contribution in [1.82, 2.24) is 44.9 Å². The molecule has 2 aliphatic rings. The maximum Gasteiger partial charge on any atom is 0.164 e. The van der Waals surface area contributed by atoms with Crippen LogP contribution < -0.4 is 0 Å². The van der Waals surface area contributed by atoms with E-state index in [2.05, 4.69) is 322 Å². The quantitative estimate of drug-likeness (QED) is 0.104. The lowest BCUT2D eigenvalue weighted by molar-refractivity contribution is 0.794. The molecule has 0 fully saturated rings. The molecule has 22 aromatic carbocycles. The summed E-state index contributed by atoms with van der Waals surface area (Å²) in [4.78, 5) is 44.4. The first-order valence-electron chi connectivity index (χ1n) is 47.0. The predicted molar refractivity (Wildman–Crippen MR) is 571 cm³/mol. The van der Waals surface area contributed by atoms with Crippen molar-refractivity contribution in [3.05, 3.63) is 526 Å². The largest absolute Gasteiger partial charge is 0.208 e. The zero-order valence-electron chi connectivity index (χ0n) is 75.4. The summed E-state index contributed by atoms with van der Waals surface area (Å²) in [7, 11) is 0. The van der Waals surface area contributed by atoms with Crippen molar-refractivity contribution in [2.24, 2.45) is 0 Å². The molecule has 0 saturated carbocycles. The molecular formula is C130H83N9. The third kappa shape index (κ3) is 15.2. The summed E-state index contributed by atoms with van der Waals surface area (Å²) in [6, 6.07) is 177. The minimum Gasteiger partial charge on any atom is -0.208 e. The molecule has 3 aromatic heterocycles. The van der Waals surface area contributed by atoms with Gasteiger partial charge in [0.2, 0.25) is 0 Å². The van der Waals surface area contributed by atoms with Crippen LogP contribution >= 0.6 is 0 Å². The molecule has 2 aliphatic carbocycles. The van der Waals surface area contributed by atoms with Gasteiger partial charge in [-0.15, -0.1) is 0 Å². The number of rotatable bonds is 13. The van der Waals surface area contributed by atoms with Crippen LogP contribution in [0.3, 0.4) is 0 Å². The van der Waals surface area contributed by atoms with E-state index in [1.54, 1.807) is 0 Å². The maximum atomic E-state index is 5.00. The van der Waals surface area contributed by atoms with Gasteiger partial charge in [0.15, 0.2) is 52.4 Å². The van der Waals surface area contributed by atoms with Crippen LogP contribution in [0.4, 0.5) is 0 Å². The molecule has 0 aliphatic heterocycles. The third-order valence-electron chi connectivity index (χ3n) is 27.1. The summed E-state index contributed by atoms with van der Waals surface area (Å²) in [5, 5.41) is 15.3. The van der Waals surface area contributed by atoms with Crippen molar-refractivity contribution in [1.29, 1.82) is 0 Å². The fourth-order valence-corrected chi connectivity index (χ4v) is 20.7. The van der Waals surface area contributed by atoms with Crippen molar-refractivity contribution in [3.8, 4) is 169 Å². The van der Waals surface area contributed by atoms with Gasteiger partial charge in [-0.2, -0.15) is 0 Å². The summed E-state index contributed by atoms with van der Waals surface area (Å²) in [5.41, 5.74) is 28.0. The molecule has 0 amide bonds. The SMILES string of the molecule is c1ccc(-c2nc(-c3ccccc3)nc(-c3cccc(-c4ccc5c(c4)C4(c6ccccc6-c6ccccc64)c4ccccc4-5)c3)n2)cc1.c1ccc(-c2nc(-c3ccccc3)nc(-c3cccc(-c4ccc5c6ccccc6c6ccccc6c5c4)c3)n2)cc1.c1ccc(-c2nc(-c3ccccc3)nc(-c3cccc(-c4cccc(-c5ccc6c7ccccc7c7ccccc7c6c5)c4)c3)n2)cc1. The van der Waals surface area contributed by atoms with Gasteiger partial charge >= 0.3 is 0 Å². The number of hydrogen-bond donors (Lipinski definition) is 0. The zero-order valence-corrected chi connectivity index (χ0v) is 75.4. The lowest BCUT2D eigenvalue weighted by Gasteiger charge is -2.30. The van der Waals surface area contributed by atoms with E-state index < -0.39 is 0 Å². The fourth-order valence-electron chi connectivity index (χ4n) is 20.7. The number of benzene rings is 22. The lowest BCUT2D eigenvalue weighted by Crippen LogP contribution is -2.25. The second kappa shape index (κ2) is 35.4. The molecule has 27 rings (SSSR count). The summed E-state index contributed by atoms with van der Waals surface area (Å²) in [6.07, 6.45) is 0. The number of fused-ring (bicyclic) bond motifs is 22. The van der Waals surface area contributed by atoms with E-state index in [0.717, 1.165) is 83.5 Å². The van der Waals surface area contributed by atoms with Crippen molar-refractivity contribution in [2.45, 2.75) is 5.41 Å². The Balaban J connectivity index is 0.000000111. The molecule has 0 unspecified atom stereocenters. The van der Waals surface area contributed by atoms with Crippen LogP contribution in [0.15, 0.2) is 504 Å². The van der Waals surface area contributed by atoms with Gasteiger partial charge in [-0.3, -0.25) is 0 Å². The molecule has 139 heavy (non-hydrogen) atoms. The molecule has 25 aromatic rings. The van der Waals surface area contributed by atoms with Crippen molar-refractivity contribution in [3.63, 3.8) is 0 Å². The Morgan fingerprint density at radius 3 is 0.540 bits per heavy atom. The monoisotopic (exact) mass is 1770 g/mol. The molecule has 0 N–H and O–H groups in total. The lowest BCUT2D eigenvalue weighted by atomic mass is 9.70. The van der Waals surface area contributed by atoms with Gasteiger partial charge < -0.3 is 0 Å². The van der Waals surface area contributed by atoms with E-state index in [1.165, 1.54) is 120 Å². The molecular weight excluding hydrogens is 1690 g/mol. The molecule has 1 spiro atoms.